The van der Waals surface area contributed by atoms with Gasteiger partial charge in [-0.2, -0.15) is 11.8 Å². The van der Waals surface area contributed by atoms with Crippen molar-refractivity contribution >= 4 is 51.1 Å². The highest BCUT2D eigenvalue weighted by Crippen LogP contribution is 2.48. The summed E-state index contributed by atoms with van der Waals surface area (Å²) in [4.78, 5) is 26.4. The van der Waals surface area contributed by atoms with Gasteiger partial charge in [0, 0.05) is 29.1 Å². The Bertz CT molecular complexity index is 1000. The number of ether oxygens (including phenoxy) is 2. The summed E-state index contributed by atoms with van der Waals surface area (Å²) in [7, 11) is 0. The number of carbonyl (C=O) groups excluding carboxylic acids is 1. The van der Waals surface area contributed by atoms with E-state index in [-0.39, 0.29) is 6.10 Å². The molecule has 2 aliphatic rings. The van der Waals surface area contributed by atoms with Crippen LogP contribution < -0.4 is 14.5 Å². The number of amides is 1. The molecule has 9 heteroatoms. The van der Waals surface area contributed by atoms with E-state index in [2.05, 4.69) is 30.8 Å². The van der Waals surface area contributed by atoms with Gasteiger partial charge in [0.15, 0.2) is 5.82 Å². The number of thioether (sulfide) groups is 1. The minimum absolute atomic E-state index is 0.341. The number of benzene rings is 1. The third-order valence-electron chi connectivity index (χ3n) is 5.10. The fourth-order valence-corrected chi connectivity index (χ4v) is 5.28. The summed E-state index contributed by atoms with van der Waals surface area (Å²) in [6.45, 7) is 11.3. The van der Waals surface area contributed by atoms with Crippen LogP contribution in [0, 0.1) is 6.92 Å². The molecular formula is C22H27BrN4O3S. The Morgan fingerprint density at radius 1 is 1.23 bits per heavy atom. The minimum atomic E-state index is -0.656. The van der Waals surface area contributed by atoms with Crippen molar-refractivity contribution in [2.75, 3.05) is 34.4 Å². The van der Waals surface area contributed by atoms with Crippen LogP contribution in [0.2, 0.25) is 0 Å². The summed E-state index contributed by atoms with van der Waals surface area (Å²) in [5, 5.41) is 0. The smallest absolute Gasteiger partial charge is 0.420 e. The summed E-state index contributed by atoms with van der Waals surface area (Å²) in [6.07, 6.45) is 0.687. The van der Waals surface area contributed by atoms with Crippen molar-refractivity contribution in [1.82, 2.24) is 9.97 Å². The lowest BCUT2D eigenvalue weighted by atomic mass is 10.1. The van der Waals surface area contributed by atoms with E-state index in [1.54, 1.807) is 0 Å². The third kappa shape index (κ3) is 4.48. The number of aromatic nitrogens is 2. The Kier molecular flexibility index (Phi) is 6.09. The topological polar surface area (TPSA) is 67.8 Å². The zero-order valence-electron chi connectivity index (χ0n) is 18.4. The van der Waals surface area contributed by atoms with Crippen LogP contribution >= 0.6 is 27.7 Å². The summed E-state index contributed by atoms with van der Waals surface area (Å²) in [5.41, 5.74) is 1.66. The van der Waals surface area contributed by atoms with Crippen molar-refractivity contribution in [3.63, 3.8) is 0 Å². The van der Waals surface area contributed by atoms with Gasteiger partial charge in [-0.1, -0.05) is 15.9 Å². The van der Waals surface area contributed by atoms with Crippen LogP contribution in [0.25, 0.3) is 0 Å². The minimum Gasteiger partial charge on any atom is -0.483 e. The second kappa shape index (κ2) is 8.50. The monoisotopic (exact) mass is 506 g/mol. The molecule has 2 aromatic rings. The van der Waals surface area contributed by atoms with E-state index in [0.717, 1.165) is 46.0 Å². The number of fused-ring (bicyclic) bond motifs is 2. The molecule has 0 radical (unpaired) electrons. The van der Waals surface area contributed by atoms with Gasteiger partial charge in [0.05, 0.1) is 11.3 Å². The highest BCUT2D eigenvalue weighted by molar-refractivity contribution is 9.10. The van der Waals surface area contributed by atoms with Gasteiger partial charge in [-0.05, 0) is 52.3 Å². The van der Waals surface area contributed by atoms with E-state index in [0.29, 0.717) is 17.3 Å². The summed E-state index contributed by atoms with van der Waals surface area (Å²) >= 11 is 5.49. The molecule has 1 aromatic heterocycles. The zero-order chi connectivity index (χ0) is 22.3. The molecule has 0 N–H and O–H groups in total. The van der Waals surface area contributed by atoms with Crippen LogP contribution in [0.15, 0.2) is 22.9 Å². The largest absolute Gasteiger partial charge is 0.483 e. The first kappa shape index (κ1) is 22.2. The quantitative estimate of drug-likeness (QED) is 0.496. The molecule has 1 unspecified atom stereocenters. The second-order valence-corrected chi connectivity index (χ2v) is 10.8. The number of anilines is 3. The maximum atomic E-state index is 13.5. The molecule has 4 rings (SSSR count). The molecule has 0 bridgehead atoms. The van der Waals surface area contributed by atoms with Crippen molar-refractivity contribution in [2.45, 2.75) is 46.3 Å². The number of nitrogens with zero attached hydrogens (tertiary/aromatic N) is 4. The maximum Gasteiger partial charge on any atom is 0.420 e. The van der Waals surface area contributed by atoms with Crippen LogP contribution in [0.5, 0.6) is 5.75 Å². The van der Waals surface area contributed by atoms with Gasteiger partial charge in [-0.15, -0.1) is 0 Å². The zero-order valence-corrected chi connectivity index (χ0v) is 20.8. The number of hydrogen-bond acceptors (Lipinski definition) is 7. The molecule has 1 saturated heterocycles. The molecule has 2 aliphatic heterocycles. The van der Waals surface area contributed by atoms with Gasteiger partial charge in [-0.3, -0.25) is 0 Å². The van der Waals surface area contributed by atoms with Crippen LogP contribution in [0.4, 0.5) is 22.1 Å². The molecule has 1 amide bonds. The van der Waals surface area contributed by atoms with Crippen LogP contribution in [-0.4, -0.2) is 46.3 Å². The van der Waals surface area contributed by atoms with Crippen molar-refractivity contribution in [3.05, 3.63) is 34.1 Å². The molecule has 31 heavy (non-hydrogen) atoms. The SMILES string of the molecule is Cc1cc(Br)cc2c1OC(C)c1c(N3CCSCC3)ncnc1N2C(=O)OC(C)(C)C. The first-order valence-electron chi connectivity index (χ1n) is 10.3. The summed E-state index contributed by atoms with van der Waals surface area (Å²) < 4.78 is 13.1. The van der Waals surface area contributed by atoms with Gasteiger partial charge in [0.1, 0.15) is 29.6 Å². The van der Waals surface area contributed by atoms with Gasteiger partial charge >= 0.3 is 6.09 Å². The Labute approximate surface area is 195 Å². The lowest BCUT2D eigenvalue weighted by Crippen LogP contribution is -2.36. The van der Waals surface area contributed by atoms with E-state index in [4.69, 9.17) is 9.47 Å². The van der Waals surface area contributed by atoms with E-state index in [1.807, 2.05) is 58.5 Å². The molecule has 1 fully saturated rings. The lowest BCUT2D eigenvalue weighted by molar-refractivity contribution is 0.0598. The Hall–Kier alpha value is -2.00. The van der Waals surface area contributed by atoms with Crippen molar-refractivity contribution < 1.29 is 14.3 Å². The number of aryl methyl sites for hydroxylation is 1. The van der Waals surface area contributed by atoms with E-state index in [1.165, 1.54) is 11.2 Å². The van der Waals surface area contributed by atoms with Crippen LogP contribution in [-0.2, 0) is 4.74 Å². The maximum absolute atomic E-state index is 13.5. The van der Waals surface area contributed by atoms with Gasteiger partial charge in [0.25, 0.3) is 0 Å². The Morgan fingerprint density at radius 2 is 1.90 bits per heavy atom. The lowest BCUT2D eigenvalue weighted by Gasteiger charge is -2.31. The number of rotatable bonds is 1. The number of hydrogen-bond donors (Lipinski definition) is 0. The third-order valence-corrected chi connectivity index (χ3v) is 6.50. The number of carbonyl (C=O) groups is 1. The van der Waals surface area contributed by atoms with Gasteiger partial charge in [-0.25, -0.2) is 19.7 Å². The molecule has 3 heterocycles. The molecular weight excluding hydrogens is 480 g/mol. The van der Waals surface area contributed by atoms with Gasteiger partial charge in [0.2, 0.25) is 0 Å². The Balaban J connectivity index is 1.93. The van der Waals surface area contributed by atoms with Crippen molar-refractivity contribution in [2.24, 2.45) is 0 Å². The highest BCUT2D eigenvalue weighted by Gasteiger charge is 2.37. The summed E-state index contributed by atoms with van der Waals surface area (Å²) in [6, 6.07) is 3.84. The molecule has 0 saturated carbocycles. The standard InChI is InChI=1S/C22H27BrN4O3S/c1-13-10-15(23)11-16-18(13)29-14(2)17-19(26-6-8-31-9-7-26)24-12-25-20(17)27(16)21(28)30-22(3,4)5/h10-12,14H,6-9H2,1-5H3. The van der Waals surface area contributed by atoms with Gasteiger partial charge < -0.3 is 14.4 Å². The van der Waals surface area contributed by atoms with Crippen molar-refractivity contribution in [3.8, 4) is 5.75 Å². The molecule has 1 aromatic carbocycles. The first-order chi connectivity index (χ1) is 14.7. The fraction of sp³-hybridized carbons (Fsp3) is 0.500. The van der Waals surface area contributed by atoms with Crippen LogP contribution in [0.3, 0.4) is 0 Å². The van der Waals surface area contributed by atoms with Crippen LogP contribution in [0.1, 0.15) is 44.9 Å². The average molecular weight is 507 g/mol. The first-order valence-corrected chi connectivity index (χ1v) is 12.3. The molecule has 166 valence electrons. The molecule has 0 spiro atoms. The predicted octanol–water partition coefficient (Wildman–Crippen LogP) is 5.63. The van der Waals surface area contributed by atoms with E-state index in [9.17, 15) is 4.79 Å². The molecule has 0 aliphatic carbocycles. The Morgan fingerprint density at radius 3 is 2.58 bits per heavy atom. The summed E-state index contributed by atoms with van der Waals surface area (Å²) in [5.74, 6) is 4.03. The van der Waals surface area contributed by atoms with E-state index >= 15 is 0 Å². The normalized spacial score (nSPS) is 18.6. The highest BCUT2D eigenvalue weighted by atomic mass is 79.9. The van der Waals surface area contributed by atoms with E-state index < -0.39 is 11.7 Å². The molecule has 7 nitrogen and oxygen atoms in total. The average Bonchev–Trinajstić information content (AvgIpc) is 2.82. The second-order valence-electron chi connectivity index (χ2n) is 8.68. The van der Waals surface area contributed by atoms with Crippen molar-refractivity contribution in [1.29, 1.82) is 0 Å². The fourth-order valence-electron chi connectivity index (χ4n) is 3.82. The predicted molar refractivity (Wildman–Crippen MR) is 128 cm³/mol. The number of halogens is 1. The molecule has 1 atom stereocenters.